The van der Waals surface area contributed by atoms with Crippen molar-refractivity contribution < 1.29 is 22.8 Å². The molecule has 30 heavy (non-hydrogen) atoms. The summed E-state index contributed by atoms with van der Waals surface area (Å²) in [7, 11) is -3.97. The van der Waals surface area contributed by atoms with E-state index in [1.54, 1.807) is 12.1 Å². The normalized spacial score (nSPS) is 15.2. The van der Waals surface area contributed by atoms with Crippen LogP contribution in [-0.2, 0) is 14.8 Å². The van der Waals surface area contributed by atoms with Gasteiger partial charge in [0.15, 0.2) is 0 Å². The van der Waals surface area contributed by atoms with Gasteiger partial charge in [0.1, 0.15) is 10.6 Å². The Labute approximate surface area is 174 Å². The molecule has 11 heteroatoms. The lowest BCUT2D eigenvalue weighted by atomic mass is 10.2. The number of hydrogen-bond acceptors (Lipinski definition) is 8. The number of nitrogens with one attached hydrogen (secondary N) is 1. The highest BCUT2D eigenvalue weighted by Crippen LogP contribution is 2.29. The van der Waals surface area contributed by atoms with Gasteiger partial charge in [-0.1, -0.05) is 12.1 Å². The molecule has 0 aliphatic carbocycles. The van der Waals surface area contributed by atoms with Gasteiger partial charge in [0.25, 0.3) is 5.69 Å². The van der Waals surface area contributed by atoms with E-state index in [-0.39, 0.29) is 42.6 Å². The molecule has 1 fully saturated rings. The van der Waals surface area contributed by atoms with Gasteiger partial charge in [-0.25, -0.2) is 8.42 Å². The summed E-state index contributed by atoms with van der Waals surface area (Å²) < 4.78 is 38.2. The highest BCUT2D eigenvalue weighted by atomic mass is 32.2. The number of morpholine rings is 1. The Morgan fingerprint density at radius 1 is 1.27 bits per heavy atom. The van der Waals surface area contributed by atoms with Crippen LogP contribution in [0.25, 0.3) is 0 Å². The number of ether oxygens (including phenoxy) is 2. The fraction of sp³-hybridized carbons (Fsp3) is 0.316. The van der Waals surface area contributed by atoms with Crippen molar-refractivity contribution in [1.82, 2.24) is 4.31 Å². The largest absolute Gasteiger partial charge is 0.493 e. The maximum Gasteiger partial charge on any atom is 0.270 e. The van der Waals surface area contributed by atoms with Gasteiger partial charge < -0.3 is 9.47 Å². The third kappa shape index (κ3) is 4.93. The molecule has 1 heterocycles. The summed E-state index contributed by atoms with van der Waals surface area (Å²) in [5.41, 5.74) is 3.21. The van der Waals surface area contributed by atoms with E-state index in [0.29, 0.717) is 17.9 Å². The fourth-order valence-corrected chi connectivity index (χ4v) is 4.47. The van der Waals surface area contributed by atoms with Crippen molar-refractivity contribution in [3.63, 3.8) is 0 Å². The lowest BCUT2D eigenvalue weighted by Gasteiger charge is -2.26. The minimum Gasteiger partial charge on any atom is -0.493 e. The number of rotatable bonds is 8. The quantitative estimate of drug-likeness (QED) is 0.384. The molecule has 0 saturated carbocycles. The van der Waals surface area contributed by atoms with Crippen molar-refractivity contribution in [3.05, 3.63) is 58.1 Å². The summed E-state index contributed by atoms with van der Waals surface area (Å²) in [6.07, 6.45) is 1.50. The molecule has 0 bridgehead atoms. The van der Waals surface area contributed by atoms with E-state index in [1.807, 2.05) is 19.1 Å². The molecule has 0 radical (unpaired) electrons. The van der Waals surface area contributed by atoms with Crippen molar-refractivity contribution >= 4 is 27.6 Å². The fourth-order valence-electron chi connectivity index (χ4n) is 2.90. The van der Waals surface area contributed by atoms with Crippen LogP contribution in [0.1, 0.15) is 12.5 Å². The van der Waals surface area contributed by atoms with Gasteiger partial charge in [0, 0.05) is 30.8 Å². The molecule has 0 atom stereocenters. The van der Waals surface area contributed by atoms with E-state index in [9.17, 15) is 18.5 Å². The van der Waals surface area contributed by atoms with Crippen molar-refractivity contribution in [2.75, 3.05) is 38.3 Å². The van der Waals surface area contributed by atoms with Gasteiger partial charge in [-0.2, -0.15) is 9.41 Å². The molecule has 2 aromatic rings. The molecule has 10 nitrogen and oxygen atoms in total. The van der Waals surface area contributed by atoms with Gasteiger partial charge in [-0.15, -0.1) is 0 Å². The molecule has 1 N–H and O–H groups in total. The van der Waals surface area contributed by atoms with Crippen molar-refractivity contribution in [3.8, 4) is 5.75 Å². The zero-order chi connectivity index (χ0) is 21.6. The first-order valence-corrected chi connectivity index (χ1v) is 10.7. The number of hydrogen-bond donors (Lipinski definition) is 1. The highest BCUT2D eigenvalue weighted by Gasteiger charge is 2.30. The third-order valence-corrected chi connectivity index (χ3v) is 6.31. The smallest absolute Gasteiger partial charge is 0.270 e. The lowest BCUT2D eigenvalue weighted by molar-refractivity contribution is -0.385. The second kappa shape index (κ2) is 9.65. The summed E-state index contributed by atoms with van der Waals surface area (Å²) in [5, 5.41) is 15.3. The summed E-state index contributed by atoms with van der Waals surface area (Å²) in [5.74, 6) is 0.635. The van der Waals surface area contributed by atoms with E-state index in [4.69, 9.17) is 9.47 Å². The Kier molecular flexibility index (Phi) is 6.98. The standard InChI is InChI=1S/C19H22N4O6S/c1-2-29-18-6-4-3-5-15(18)14-20-21-17-8-7-16(23(24)25)13-19(17)30(26,27)22-9-11-28-12-10-22/h3-8,13-14,21H,2,9-12H2,1H3. The molecular weight excluding hydrogens is 412 g/mol. The first-order chi connectivity index (χ1) is 14.4. The first kappa shape index (κ1) is 21.7. The second-order valence-corrected chi connectivity index (χ2v) is 8.20. The Morgan fingerprint density at radius 2 is 2.00 bits per heavy atom. The summed E-state index contributed by atoms with van der Waals surface area (Å²) in [6, 6.07) is 10.9. The van der Waals surface area contributed by atoms with Gasteiger partial charge in [-0.05, 0) is 25.1 Å². The van der Waals surface area contributed by atoms with Crippen LogP contribution in [0.5, 0.6) is 5.75 Å². The molecule has 160 valence electrons. The molecule has 0 unspecified atom stereocenters. The van der Waals surface area contributed by atoms with E-state index in [0.717, 1.165) is 6.07 Å². The maximum absolute atomic E-state index is 13.1. The molecule has 1 saturated heterocycles. The molecule has 1 aliphatic heterocycles. The van der Waals surface area contributed by atoms with Gasteiger partial charge in [0.05, 0.1) is 36.6 Å². The van der Waals surface area contributed by atoms with E-state index >= 15 is 0 Å². The van der Waals surface area contributed by atoms with E-state index in [2.05, 4.69) is 10.5 Å². The zero-order valence-corrected chi connectivity index (χ0v) is 17.2. The molecule has 1 aliphatic rings. The Balaban J connectivity index is 1.92. The van der Waals surface area contributed by atoms with Gasteiger partial charge >= 0.3 is 0 Å². The first-order valence-electron chi connectivity index (χ1n) is 9.30. The monoisotopic (exact) mass is 434 g/mol. The molecule has 0 aromatic heterocycles. The predicted octanol–water partition coefficient (Wildman–Crippen LogP) is 2.46. The molecule has 0 spiro atoms. The zero-order valence-electron chi connectivity index (χ0n) is 16.4. The minimum atomic E-state index is -3.97. The van der Waals surface area contributed by atoms with Crippen molar-refractivity contribution in [2.45, 2.75) is 11.8 Å². The van der Waals surface area contributed by atoms with Crippen LogP contribution in [0.4, 0.5) is 11.4 Å². The highest BCUT2D eigenvalue weighted by molar-refractivity contribution is 7.89. The van der Waals surface area contributed by atoms with E-state index in [1.165, 1.54) is 22.7 Å². The Morgan fingerprint density at radius 3 is 2.70 bits per heavy atom. The van der Waals surface area contributed by atoms with Crippen LogP contribution in [0.3, 0.4) is 0 Å². The summed E-state index contributed by atoms with van der Waals surface area (Å²) in [6.45, 7) is 3.24. The Bertz CT molecular complexity index is 1040. The molecular formula is C19H22N4O6S. The lowest BCUT2D eigenvalue weighted by Crippen LogP contribution is -2.40. The molecule has 2 aromatic carbocycles. The van der Waals surface area contributed by atoms with Crippen molar-refractivity contribution in [1.29, 1.82) is 0 Å². The van der Waals surface area contributed by atoms with Gasteiger partial charge in [-0.3, -0.25) is 15.5 Å². The average molecular weight is 434 g/mol. The number of nitrogens with zero attached hydrogens (tertiary/aromatic N) is 3. The SMILES string of the molecule is CCOc1ccccc1C=NNc1ccc([N+](=O)[O-])cc1S(=O)(=O)N1CCOCC1. The average Bonchev–Trinajstić information content (AvgIpc) is 2.75. The minimum absolute atomic E-state index is 0.136. The number of para-hydroxylation sites is 1. The van der Waals surface area contributed by atoms with Gasteiger partial charge in [0.2, 0.25) is 10.0 Å². The van der Waals surface area contributed by atoms with Crippen LogP contribution in [0.2, 0.25) is 0 Å². The van der Waals surface area contributed by atoms with Crippen LogP contribution < -0.4 is 10.2 Å². The van der Waals surface area contributed by atoms with E-state index < -0.39 is 14.9 Å². The van der Waals surface area contributed by atoms with Crippen LogP contribution in [0.15, 0.2) is 52.5 Å². The maximum atomic E-state index is 13.1. The predicted molar refractivity (Wildman–Crippen MR) is 112 cm³/mol. The van der Waals surface area contributed by atoms with Crippen LogP contribution in [-0.4, -0.2) is 56.8 Å². The van der Waals surface area contributed by atoms with Crippen LogP contribution in [0, 0.1) is 10.1 Å². The topological polar surface area (TPSA) is 123 Å². The molecule has 3 rings (SSSR count). The number of nitro groups is 1. The number of nitro benzene ring substituents is 1. The third-order valence-electron chi connectivity index (χ3n) is 4.37. The summed E-state index contributed by atoms with van der Waals surface area (Å²) in [4.78, 5) is 10.3. The second-order valence-electron chi connectivity index (χ2n) is 6.29. The number of benzene rings is 2. The van der Waals surface area contributed by atoms with Crippen LogP contribution >= 0.6 is 0 Å². The number of anilines is 1. The van der Waals surface area contributed by atoms with Crippen molar-refractivity contribution in [2.24, 2.45) is 5.10 Å². The Hall–Kier alpha value is -3.02. The number of hydrazone groups is 1. The number of sulfonamides is 1. The number of non-ortho nitro benzene ring substituents is 1. The summed E-state index contributed by atoms with van der Waals surface area (Å²) >= 11 is 0. The molecule has 0 amide bonds.